The van der Waals surface area contributed by atoms with Crippen LogP contribution in [0.5, 0.6) is 5.75 Å². The summed E-state index contributed by atoms with van der Waals surface area (Å²) in [6.07, 6.45) is 8.44. The lowest BCUT2D eigenvalue weighted by atomic mass is 10.1. The maximum atomic E-state index is 5.12. The summed E-state index contributed by atoms with van der Waals surface area (Å²) >= 11 is 0. The van der Waals surface area contributed by atoms with E-state index in [1.807, 2.05) is 12.1 Å². The molecular weight excluding hydrogens is 198 g/mol. The lowest BCUT2D eigenvalue weighted by Gasteiger charge is -2.10. The monoisotopic (exact) mass is 217 g/mol. The van der Waals surface area contributed by atoms with Crippen molar-refractivity contribution in [1.82, 2.24) is 0 Å². The molecule has 1 aromatic rings. The molecule has 1 aliphatic rings. The van der Waals surface area contributed by atoms with Crippen LogP contribution in [-0.2, 0) is 0 Å². The van der Waals surface area contributed by atoms with Crippen molar-refractivity contribution in [2.45, 2.75) is 19.3 Å². The Balaban J connectivity index is 1.74. The Hall–Kier alpha value is -1.44. The number of methoxy groups -OCH3 is 1. The van der Waals surface area contributed by atoms with Crippen molar-refractivity contribution in [2.75, 3.05) is 19.0 Å². The van der Waals surface area contributed by atoms with E-state index in [9.17, 15) is 0 Å². The zero-order valence-electron chi connectivity index (χ0n) is 9.78. The topological polar surface area (TPSA) is 21.3 Å². The first-order valence-electron chi connectivity index (χ1n) is 5.93. The lowest BCUT2D eigenvalue weighted by molar-refractivity contribution is 0.415. The summed E-state index contributed by atoms with van der Waals surface area (Å²) in [5.41, 5.74) is 1.17. The molecular formula is C14H19NO. The number of hydrogen-bond acceptors (Lipinski definition) is 2. The van der Waals surface area contributed by atoms with Gasteiger partial charge in [-0.25, -0.2) is 0 Å². The summed E-state index contributed by atoms with van der Waals surface area (Å²) in [6.45, 7) is 1.04. The number of benzene rings is 1. The van der Waals surface area contributed by atoms with Crippen LogP contribution in [-0.4, -0.2) is 13.7 Å². The Morgan fingerprint density at radius 1 is 1.31 bits per heavy atom. The van der Waals surface area contributed by atoms with Gasteiger partial charge in [0, 0.05) is 12.2 Å². The van der Waals surface area contributed by atoms with E-state index in [2.05, 4.69) is 29.6 Å². The second kappa shape index (κ2) is 5.59. The van der Waals surface area contributed by atoms with Crippen LogP contribution in [0, 0.1) is 5.92 Å². The van der Waals surface area contributed by atoms with Crippen molar-refractivity contribution in [1.29, 1.82) is 0 Å². The third-order valence-electron chi connectivity index (χ3n) is 3.05. The van der Waals surface area contributed by atoms with Crippen LogP contribution < -0.4 is 10.1 Å². The molecule has 0 fully saturated rings. The van der Waals surface area contributed by atoms with E-state index in [1.54, 1.807) is 7.11 Å². The molecule has 2 rings (SSSR count). The molecule has 1 unspecified atom stereocenters. The molecule has 0 aromatic heterocycles. The van der Waals surface area contributed by atoms with Crippen molar-refractivity contribution in [3.05, 3.63) is 36.4 Å². The van der Waals surface area contributed by atoms with Gasteiger partial charge in [0.25, 0.3) is 0 Å². The van der Waals surface area contributed by atoms with Gasteiger partial charge in [0.05, 0.1) is 7.11 Å². The molecule has 1 aromatic carbocycles. The second-order valence-electron chi connectivity index (χ2n) is 4.21. The van der Waals surface area contributed by atoms with Crippen molar-refractivity contribution in [3.8, 4) is 5.75 Å². The Kier molecular flexibility index (Phi) is 3.86. The summed E-state index contributed by atoms with van der Waals surface area (Å²) in [6, 6.07) is 8.09. The number of ether oxygens (including phenoxy) is 1. The van der Waals surface area contributed by atoms with Crippen molar-refractivity contribution in [2.24, 2.45) is 5.92 Å². The van der Waals surface area contributed by atoms with Crippen molar-refractivity contribution >= 4 is 5.69 Å². The summed E-state index contributed by atoms with van der Waals surface area (Å²) < 4.78 is 5.12. The molecule has 0 spiro atoms. The fourth-order valence-corrected chi connectivity index (χ4v) is 2.05. The minimum atomic E-state index is 0.783. The number of nitrogens with one attached hydrogen (secondary N) is 1. The van der Waals surface area contributed by atoms with Gasteiger partial charge >= 0.3 is 0 Å². The van der Waals surface area contributed by atoms with Gasteiger partial charge in [0.15, 0.2) is 0 Å². The number of anilines is 1. The lowest BCUT2D eigenvalue weighted by Crippen LogP contribution is -2.05. The number of rotatable bonds is 5. The maximum absolute atomic E-state index is 5.12. The standard InChI is InChI=1S/C14H19NO/c1-16-14-8-6-13(7-9-14)15-11-10-12-4-2-3-5-12/h2,4,6-9,12,15H,3,5,10-11H2,1H3. The maximum Gasteiger partial charge on any atom is 0.119 e. The van der Waals surface area contributed by atoms with Gasteiger partial charge in [0.1, 0.15) is 5.75 Å². The molecule has 1 aliphatic carbocycles. The fraction of sp³-hybridized carbons (Fsp3) is 0.429. The molecule has 0 radical (unpaired) electrons. The quantitative estimate of drug-likeness (QED) is 0.763. The van der Waals surface area contributed by atoms with Gasteiger partial charge in [-0.15, -0.1) is 0 Å². The summed E-state index contributed by atoms with van der Waals surface area (Å²) in [5.74, 6) is 1.69. The number of hydrogen-bond donors (Lipinski definition) is 1. The molecule has 0 bridgehead atoms. The van der Waals surface area contributed by atoms with E-state index in [0.717, 1.165) is 18.2 Å². The predicted octanol–water partition coefficient (Wildman–Crippen LogP) is 3.46. The third-order valence-corrected chi connectivity index (χ3v) is 3.05. The van der Waals surface area contributed by atoms with Crippen molar-refractivity contribution < 1.29 is 4.74 Å². The minimum Gasteiger partial charge on any atom is -0.497 e. The van der Waals surface area contributed by atoms with E-state index in [4.69, 9.17) is 4.74 Å². The molecule has 2 nitrogen and oxygen atoms in total. The van der Waals surface area contributed by atoms with E-state index >= 15 is 0 Å². The predicted molar refractivity (Wildman–Crippen MR) is 68.0 cm³/mol. The highest BCUT2D eigenvalue weighted by atomic mass is 16.5. The Morgan fingerprint density at radius 3 is 2.75 bits per heavy atom. The van der Waals surface area contributed by atoms with Crippen LogP contribution in [0.2, 0.25) is 0 Å². The SMILES string of the molecule is COc1ccc(NCCC2C=CCC2)cc1. The number of allylic oxidation sites excluding steroid dienone is 2. The normalized spacial score (nSPS) is 18.7. The van der Waals surface area contributed by atoms with Crippen molar-refractivity contribution in [3.63, 3.8) is 0 Å². The highest BCUT2D eigenvalue weighted by Crippen LogP contribution is 2.21. The highest BCUT2D eigenvalue weighted by Gasteiger charge is 2.07. The minimum absolute atomic E-state index is 0.783. The molecule has 1 N–H and O–H groups in total. The van der Waals surface area contributed by atoms with Crippen LogP contribution in [0.15, 0.2) is 36.4 Å². The fourth-order valence-electron chi connectivity index (χ4n) is 2.05. The van der Waals surface area contributed by atoms with E-state index in [0.29, 0.717) is 0 Å². The summed E-state index contributed by atoms with van der Waals surface area (Å²) in [5, 5.41) is 3.43. The van der Waals surface area contributed by atoms with E-state index < -0.39 is 0 Å². The van der Waals surface area contributed by atoms with Gasteiger partial charge in [-0.3, -0.25) is 0 Å². The van der Waals surface area contributed by atoms with Gasteiger partial charge in [0.2, 0.25) is 0 Å². The Bertz CT molecular complexity index is 342. The molecule has 0 saturated heterocycles. The summed E-state index contributed by atoms with van der Waals surface area (Å²) in [7, 11) is 1.69. The van der Waals surface area contributed by atoms with Crippen LogP contribution >= 0.6 is 0 Å². The van der Waals surface area contributed by atoms with Gasteiger partial charge < -0.3 is 10.1 Å². The van der Waals surface area contributed by atoms with Gasteiger partial charge in [-0.1, -0.05) is 12.2 Å². The Morgan fingerprint density at radius 2 is 2.12 bits per heavy atom. The van der Waals surface area contributed by atoms with Gasteiger partial charge in [-0.2, -0.15) is 0 Å². The smallest absolute Gasteiger partial charge is 0.119 e. The first-order chi connectivity index (χ1) is 7.88. The molecule has 0 amide bonds. The van der Waals surface area contributed by atoms with Crippen LogP contribution in [0.3, 0.4) is 0 Å². The third kappa shape index (κ3) is 3.02. The first-order valence-corrected chi connectivity index (χ1v) is 5.93. The average Bonchev–Trinajstić information content (AvgIpc) is 2.83. The van der Waals surface area contributed by atoms with E-state index in [1.165, 1.54) is 24.9 Å². The van der Waals surface area contributed by atoms with Crippen LogP contribution in [0.25, 0.3) is 0 Å². The largest absolute Gasteiger partial charge is 0.497 e. The van der Waals surface area contributed by atoms with E-state index in [-0.39, 0.29) is 0 Å². The molecule has 2 heteroatoms. The van der Waals surface area contributed by atoms with Crippen LogP contribution in [0.1, 0.15) is 19.3 Å². The molecule has 0 heterocycles. The Labute approximate surface area is 97.3 Å². The second-order valence-corrected chi connectivity index (χ2v) is 4.21. The summed E-state index contributed by atoms with van der Waals surface area (Å²) in [4.78, 5) is 0. The van der Waals surface area contributed by atoms with Gasteiger partial charge in [-0.05, 0) is 49.4 Å². The van der Waals surface area contributed by atoms with Crippen LogP contribution in [0.4, 0.5) is 5.69 Å². The molecule has 1 atom stereocenters. The average molecular weight is 217 g/mol. The first kappa shape index (κ1) is 11.1. The zero-order valence-corrected chi connectivity index (χ0v) is 9.78. The highest BCUT2D eigenvalue weighted by molar-refractivity contribution is 5.46. The molecule has 16 heavy (non-hydrogen) atoms. The zero-order chi connectivity index (χ0) is 11.2. The molecule has 86 valence electrons. The molecule has 0 aliphatic heterocycles. The molecule has 0 saturated carbocycles.